The van der Waals surface area contributed by atoms with Crippen LogP contribution in [0, 0.1) is 5.82 Å². The van der Waals surface area contributed by atoms with Crippen molar-refractivity contribution in [3.63, 3.8) is 0 Å². The molecule has 0 aromatic heterocycles. The summed E-state index contributed by atoms with van der Waals surface area (Å²) in [5.74, 6) is 0.338. The molecule has 2 heteroatoms. The molecule has 0 radical (unpaired) electrons. The van der Waals surface area contributed by atoms with Gasteiger partial charge < -0.3 is 5.32 Å². The van der Waals surface area contributed by atoms with E-state index in [-0.39, 0.29) is 5.82 Å². The Morgan fingerprint density at radius 2 is 2.27 bits per heavy atom. The second-order valence-corrected chi connectivity index (χ2v) is 4.50. The molecule has 0 fully saturated rings. The molecule has 0 spiro atoms. The van der Waals surface area contributed by atoms with Crippen LogP contribution in [0.4, 0.5) is 10.1 Å². The number of halogens is 1. The zero-order valence-electron chi connectivity index (χ0n) is 9.39. The maximum atomic E-state index is 13.1. The second kappa shape index (κ2) is 4.21. The molecule has 1 heterocycles. The van der Waals surface area contributed by atoms with Gasteiger partial charge >= 0.3 is 0 Å². The number of rotatable bonds is 2. The Morgan fingerprint density at radius 3 is 3.00 bits per heavy atom. The molecule has 0 bridgehead atoms. The van der Waals surface area contributed by atoms with Crippen molar-refractivity contribution in [2.75, 3.05) is 5.32 Å². The minimum atomic E-state index is -0.128. The molecule has 1 aliphatic rings. The van der Waals surface area contributed by atoms with Crippen LogP contribution in [0.2, 0.25) is 0 Å². The van der Waals surface area contributed by atoms with Gasteiger partial charge in [0.15, 0.2) is 0 Å². The summed E-state index contributed by atoms with van der Waals surface area (Å²) in [5, 5.41) is 3.49. The first-order chi connectivity index (χ1) is 7.20. The van der Waals surface area contributed by atoms with Crippen LogP contribution in [0.3, 0.4) is 0 Å². The topological polar surface area (TPSA) is 12.0 Å². The number of hydrogen-bond acceptors (Lipinski definition) is 1. The lowest BCUT2D eigenvalue weighted by Gasteiger charge is -2.31. The van der Waals surface area contributed by atoms with E-state index in [0.29, 0.717) is 12.0 Å². The summed E-state index contributed by atoms with van der Waals surface area (Å²) in [6, 6.07) is 5.62. The average molecular weight is 207 g/mol. The fourth-order valence-electron chi connectivity index (χ4n) is 2.44. The van der Waals surface area contributed by atoms with E-state index in [1.165, 1.54) is 18.9 Å². The first kappa shape index (κ1) is 10.5. The van der Waals surface area contributed by atoms with Crippen molar-refractivity contribution in [3.8, 4) is 0 Å². The molecular formula is C13H18FN. The summed E-state index contributed by atoms with van der Waals surface area (Å²) < 4.78 is 13.1. The van der Waals surface area contributed by atoms with Crippen molar-refractivity contribution in [3.05, 3.63) is 29.6 Å². The van der Waals surface area contributed by atoms with Crippen LogP contribution in [0.1, 0.15) is 44.6 Å². The summed E-state index contributed by atoms with van der Waals surface area (Å²) in [5.41, 5.74) is 2.25. The van der Waals surface area contributed by atoms with Gasteiger partial charge in [-0.3, -0.25) is 0 Å². The highest BCUT2D eigenvalue weighted by molar-refractivity contribution is 5.55. The number of hydrogen-bond donors (Lipinski definition) is 1. The van der Waals surface area contributed by atoms with Crippen LogP contribution in [-0.2, 0) is 0 Å². The average Bonchev–Trinajstić information content (AvgIpc) is 2.20. The first-order valence-corrected chi connectivity index (χ1v) is 5.76. The highest BCUT2D eigenvalue weighted by atomic mass is 19.1. The van der Waals surface area contributed by atoms with E-state index in [4.69, 9.17) is 0 Å². The van der Waals surface area contributed by atoms with Crippen LogP contribution in [0.15, 0.2) is 18.2 Å². The van der Waals surface area contributed by atoms with Crippen LogP contribution in [0.25, 0.3) is 0 Å². The van der Waals surface area contributed by atoms with Gasteiger partial charge in [-0.1, -0.05) is 20.3 Å². The van der Waals surface area contributed by atoms with E-state index in [1.807, 2.05) is 6.07 Å². The van der Waals surface area contributed by atoms with E-state index in [9.17, 15) is 4.39 Å². The Kier molecular flexibility index (Phi) is 2.94. The zero-order chi connectivity index (χ0) is 10.8. The van der Waals surface area contributed by atoms with Gasteiger partial charge in [-0.15, -0.1) is 0 Å². The normalized spacial score (nSPS) is 24.5. The molecule has 2 unspecified atom stereocenters. The first-order valence-electron chi connectivity index (χ1n) is 5.76. The quantitative estimate of drug-likeness (QED) is 0.775. The minimum Gasteiger partial charge on any atom is -0.382 e. The lowest BCUT2D eigenvalue weighted by atomic mass is 9.87. The fraction of sp³-hybridized carbons (Fsp3) is 0.538. The zero-order valence-corrected chi connectivity index (χ0v) is 9.39. The third-order valence-electron chi connectivity index (χ3n) is 3.18. The van der Waals surface area contributed by atoms with Crippen molar-refractivity contribution < 1.29 is 4.39 Å². The Labute approximate surface area is 90.7 Å². The summed E-state index contributed by atoms with van der Waals surface area (Å²) in [4.78, 5) is 0. The van der Waals surface area contributed by atoms with Crippen LogP contribution in [0.5, 0.6) is 0 Å². The number of fused-ring (bicyclic) bond motifs is 1. The largest absolute Gasteiger partial charge is 0.382 e. The lowest BCUT2D eigenvalue weighted by molar-refractivity contribution is 0.520. The molecule has 1 aromatic rings. The molecule has 2 atom stereocenters. The van der Waals surface area contributed by atoms with E-state index in [2.05, 4.69) is 19.2 Å². The van der Waals surface area contributed by atoms with Gasteiger partial charge in [0.05, 0.1) is 0 Å². The molecule has 2 rings (SSSR count). The molecule has 1 N–H and O–H groups in total. The molecular weight excluding hydrogens is 189 g/mol. The summed E-state index contributed by atoms with van der Waals surface area (Å²) in [6.07, 6.45) is 3.51. The second-order valence-electron chi connectivity index (χ2n) is 4.50. The van der Waals surface area contributed by atoms with Gasteiger partial charge in [-0.05, 0) is 42.5 Å². The predicted octanol–water partition coefficient (Wildman–Crippen LogP) is 3.91. The van der Waals surface area contributed by atoms with Crippen LogP contribution in [-0.4, -0.2) is 6.04 Å². The molecule has 1 aromatic carbocycles. The molecule has 1 aliphatic heterocycles. The highest BCUT2D eigenvalue weighted by Gasteiger charge is 2.22. The smallest absolute Gasteiger partial charge is 0.123 e. The monoisotopic (exact) mass is 207 g/mol. The summed E-state index contributed by atoms with van der Waals surface area (Å²) in [6.45, 7) is 4.38. The Balaban J connectivity index is 2.24. The standard InChI is InChI=1S/C13H18FN/c1-3-4-11-7-9(2)12-8-10(14)5-6-13(12)15-11/h5-6,8-9,11,15H,3-4,7H2,1-2H3. The number of benzene rings is 1. The van der Waals surface area contributed by atoms with Crippen molar-refractivity contribution in [2.24, 2.45) is 0 Å². The maximum absolute atomic E-state index is 13.1. The van der Waals surface area contributed by atoms with E-state index in [0.717, 1.165) is 17.7 Å². The van der Waals surface area contributed by atoms with Crippen molar-refractivity contribution in [1.82, 2.24) is 0 Å². The van der Waals surface area contributed by atoms with Crippen LogP contribution < -0.4 is 5.32 Å². The molecule has 15 heavy (non-hydrogen) atoms. The van der Waals surface area contributed by atoms with Gasteiger partial charge in [-0.2, -0.15) is 0 Å². The van der Waals surface area contributed by atoms with E-state index in [1.54, 1.807) is 6.07 Å². The van der Waals surface area contributed by atoms with Gasteiger partial charge in [0.25, 0.3) is 0 Å². The van der Waals surface area contributed by atoms with Crippen molar-refractivity contribution >= 4 is 5.69 Å². The Morgan fingerprint density at radius 1 is 1.47 bits per heavy atom. The SMILES string of the molecule is CCCC1CC(C)c2cc(F)ccc2N1. The molecule has 82 valence electrons. The molecule has 0 saturated carbocycles. The predicted molar refractivity (Wildman–Crippen MR) is 61.8 cm³/mol. The van der Waals surface area contributed by atoms with Gasteiger partial charge in [0.2, 0.25) is 0 Å². The maximum Gasteiger partial charge on any atom is 0.123 e. The summed E-state index contributed by atoms with van der Waals surface area (Å²) >= 11 is 0. The van der Waals surface area contributed by atoms with E-state index < -0.39 is 0 Å². The third-order valence-corrected chi connectivity index (χ3v) is 3.18. The summed E-state index contributed by atoms with van der Waals surface area (Å²) in [7, 11) is 0. The molecule has 0 saturated heterocycles. The highest BCUT2D eigenvalue weighted by Crippen LogP contribution is 2.35. The van der Waals surface area contributed by atoms with E-state index >= 15 is 0 Å². The third kappa shape index (κ3) is 2.14. The molecule has 1 nitrogen and oxygen atoms in total. The molecule has 0 amide bonds. The fourth-order valence-corrected chi connectivity index (χ4v) is 2.44. The van der Waals surface area contributed by atoms with Crippen molar-refractivity contribution in [2.45, 2.75) is 45.1 Å². The van der Waals surface area contributed by atoms with Crippen LogP contribution >= 0.6 is 0 Å². The molecule has 0 aliphatic carbocycles. The van der Waals surface area contributed by atoms with Gasteiger partial charge in [0.1, 0.15) is 5.82 Å². The van der Waals surface area contributed by atoms with Gasteiger partial charge in [0, 0.05) is 11.7 Å². The number of nitrogens with one attached hydrogen (secondary N) is 1. The van der Waals surface area contributed by atoms with Gasteiger partial charge in [-0.25, -0.2) is 4.39 Å². The van der Waals surface area contributed by atoms with Crippen molar-refractivity contribution in [1.29, 1.82) is 0 Å². The Bertz CT molecular complexity index is 348. The Hall–Kier alpha value is -1.05. The number of anilines is 1. The minimum absolute atomic E-state index is 0.128. The lowest BCUT2D eigenvalue weighted by Crippen LogP contribution is -2.27.